The van der Waals surface area contributed by atoms with Crippen LogP contribution in [-0.2, 0) is 6.42 Å². The Bertz CT molecular complexity index is 654. The number of aromatic carboxylic acids is 1. The molecule has 88 valence electrons. The molecule has 3 N–H and O–H groups in total. The van der Waals surface area contributed by atoms with Crippen LogP contribution in [0.2, 0.25) is 0 Å². The van der Waals surface area contributed by atoms with E-state index in [2.05, 4.69) is 10.3 Å². The van der Waals surface area contributed by atoms with E-state index in [-0.39, 0.29) is 42.6 Å². The standard InChI is InChI=1S/C12H10N2O3.Na.H/c15-11-7-2-1-3-8-9(7)6(4-5-13-11)10(14-8)12(16)17;;/h1-3,14H,4-5H2,(H,13,15)(H,16,17);;/q;+1;-1. The number of benzene rings is 1. The quantitative estimate of drug-likeness (QED) is 0.529. The largest absolute Gasteiger partial charge is 1.00 e. The first-order chi connectivity index (χ1) is 8.18. The normalized spacial score (nSPS) is 13.7. The third-order valence-corrected chi connectivity index (χ3v) is 3.05. The third-order valence-electron chi connectivity index (χ3n) is 3.05. The molecular weight excluding hydrogens is 243 g/mol. The van der Waals surface area contributed by atoms with Gasteiger partial charge in [-0.05, 0) is 24.1 Å². The second-order valence-corrected chi connectivity index (χ2v) is 4.02. The zero-order valence-electron chi connectivity index (χ0n) is 10.9. The number of hydrogen-bond acceptors (Lipinski definition) is 2. The van der Waals surface area contributed by atoms with E-state index in [0.29, 0.717) is 29.6 Å². The Balaban J connectivity index is 0.000000902. The molecule has 0 radical (unpaired) electrons. The first-order valence-electron chi connectivity index (χ1n) is 5.33. The third kappa shape index (κ3) is 1.84. The van der Waals surface area contributed by atoms with Crippen LogP contribution in [0.25, 0.3) is 10.9 Å². The van der Waals surface area contributed by atoms with E-state index in [0.717, 1.165) is 5.39 Å². The number of aromatic amines is 1. The summed E-state index contributed by atoms with van der Waals surface area (Å²) in [7, 11) is 0. The SMILES string of the molecule is O=C(O)c1[nH]c2cccc3c2c1CCNC3=O.[H-].[Na+]. The molecule has 2 heterocycles. The summed E-state index contributed by atoms with van der Waals surface area (Å²) in [6.07, 6.45) is 0.532. The summed E-state index contributed by atoms with van der Waals surface area (Å²) in [6, 6.07) is 5.24. The van der Waals surface area contributed by atoms with Gasteiger partial charge in [0.2, 0.25) is 0 Å². The van der Waals surface area contributed by atoms with E-state index < -0.39 is 5.97 Å². The van der Waals surface area contributed by atoms with E-state index in [1.54, 1.807) is 18.2 Å². The average molecular weight is 254 g/mol. The van der Waals surface area contributed by atoms with Gasteiger partial charge >= 0.3 is 35.5 Å². The molecule has 18 heavy (non-hydrogen) atoms. The number of rotatable bonds is 1. The van der Waals surface area contributed by atoms with Gasteiger partial charge < -0.3 is 16.8 Å². The van der Waals surface area contributed by atoms with Gasteiger partial charge in [0, 0.05) is 23.0 Å². The molecule has 5 nitrogen and oxygen atoms in total. The molecule has 6 heteroatoms. The average Bonchev–Trinajstić information content (AvgIpc) is 2.59. The molecule has 0 bridgehead atoms. The predicted octanol–water partition coefficient (Wildman–Crippen LogP) is -1.73. The van der Waals surface area contributed by atoms with Crippen LogP contribution in [0.15, 0.2) is 18.2 Å². The maximum atomic E-state index is 11.8. The van der Waals surface area contributed by atoms with Crippen molar-refractivity contribution in [3.05, 3.63) is 35.0 Å². The number of nitrogens with one attached hydrogen (secondary N) is 2. The van der Waals surface area contributed by atoms with E-state index in [9.17, 15) is 9.59 Å². The van der Waals surface area contributed by atoms with Gasteiger partial charge in [0.15, 0.2) is 0 Å². The summed E-state index contributed by atoms with van der Waals surface area (Å²) >= 11 is 0. The van der Waals surface area contributed by atoms with Crippen molar-refractivity contribution < 1.29 is 45.7 Å². The van der Waals surface area contributed by atoms with E-state index in [4.69, 9.17) is 5.11 Å². The summed E-state index contributed by atoms with van der Waals surface area (Å²) in [5.41, 5.74) is 2.14. The summed E-state index contributed by atoms with van der Waals surface area (Å²) < 4.78 is 0. The zero-order valence-corrected chi connectivity index (χ0v) is 11.9. The molecule has 1 aromatic carbocycles. The number of carboxylic acid groups (broad SMARTS) is 1. The number of hydrogen-bond donors (Lipinski definition) is 3. The first kappa shape index (κ1) is 13.1. The number of carbonyl (C=O) groups is 2. The fourth-order valence-electron chi connectivity index (χ4n) is 2.33. The van der Waals surface area contributed by atoms with Crippen LogP contribution in [0, 0.1) is 0 Å². The molecular formula is C12H11N2NaO3. The van der Waals surface area contributed by atoms with Crippen molar-refractivity contribution in [1.82, 2.24) is 10.3 Å². The number of aromatic nitrogens is 1. The summed E-state index contributed by atoms with van der Waals surface area (Å²) in [5, 5.41) is 12.6. The number of carboxylic acids is 1. The van der Waals surface area contributed by atoms with Crippen molar-refractivity contribution >= 4 is 22.8 Å². The maximum absolute atomic E-state index is 11.8. The monoisotopic (exact) mass is 254 g/mol. The van der Waals surface area contributed by atoms with Crippen molar-refractivity contribution in [2.24, 2.45) is 0 Å². The molecule has 2 aromatic rings. The Morgan fingerprint density at radius 1 is 1.39 bits per heavy atom. The molecule has 0 spiro atoms. The molecule has 1 aliphatic heterocycles. The van der Waals surface area contributed by atoms with Gasteiger partial charge in [0.25, 0.3) is 5.91 Å². The fraction of sp³-hybridized carbons (Fsp3) is 0.167. The number of H-pyrrole nitrogens is 1. The minimum Gasteiger partial charge on any atom is -1.00 e. The minimum atomic E-state index is -0.989. The maximum Gasteiger partial charge on any atom is 1.00 e. The number of carbonyl (C=O) groups excluding carboxylic acids is 1. The molecule has 3 rings (SSSR count). The minimum absolute atomic E-state index is 0. The van der Waals surface area contributed by atoms with Crippen molar-refractivity contribution in [3.8, 4) is 0 Å². The molecule has 0 unspecified atom stereocenters. The molecule has 0 saturated heterocycles. The zero-order chi connectivity index (χ0) is 12.0. The second kappa shape index (κ2) is 4.76. The van der Waals surface area contributed by atoms with Gasteiger partial charge in [0.05, 0.1) is 0 Å². The Hall–Kier alpha value is -1.30. The molecule has 0 aliphatic carbocycles. The van der Waals surface area contributed by atoms with Gasteiger partial charge in [-0.25, -0.2) is 4.79 Å². The van der Waals surface area contributed by atoms with Crippen LogP contribution >= 0.6 is 0 Å². The molecule has 0 fully saturated rings. The molecule has 1 aromatic heterocycles. The Morgan fingerprint density at radius 2 is 2.17 bits per heavy atom. The fourth-order valence-corrected chi connectivity index (χ4v) is 2.33. The van der Waals surface area contributed by atoms with Gasteiger partial charge in [-0.1, -0.05) is 6.07 Å². The molecule has 1 amide bonds. The topological polar surface area (TPSA) is 82.2 Å². The van der Waals surface area contributed by atoms with E-state index in [1.165, 1.54) is 0 Å². The van der Waals surface area contributed by atoms with Crippen LogP contribution in [0.3, 0.4) is 0 Å². The smallest absolute Gasteiger partial charge is 1.00 e. The Morgan fingerprint density at radius 3 is 2.89 bits per heavy atom. The van der Waals surface area contributed by atoms with Crippen LogP contribution < -0.4 is 34.9 Å². The summed E-state index contributed by atoms with van der Waals surface area (Å²) in [5.74, 6) is -1.14. The molecule has 1 aliphatic rings. The van der Waals surface area contributed by atoms with Crippen molar-refractivity contribution in [2.75, 3.05) is 6.54 Å². The van der Waals surface area contributed by atoms with Crippen LogP contribution in [0.4, 0.5) is 0 Å². The van der Waals surface area contributed by atoms with Gasteiger partial charge in [-0.15, -0.1) is 0 Å². The Kier molecular flexibility index (Phi) is 3.47. The van der Waals surface area contributed by atoms with Crippen LogP contribution in [0.1, 0.15) is 27.8 Å². The van der Waals surface area contributed by atoms with E-state index in [1.807, 2.05) is 0 Å². The first-order valence-corrected chi connectivity index (χ1v) is 5.33. The molecule has 0 atom stereocenters. The van der Waals surface area contributed by atoms with E-state index >= 15 is 0 Å². The molecule has 0 saturated carbocycles. The van der Waals surface area contributed by atoms with Crippen molar-refractivity contribution in [3.63, 3.8) is 0 Å². The summed E-state index contributed by atoms with van der Waals surface area (Å²) in [4.78, 5) is 25.8. The van der Waals surface area contributed by atoms with Gasteiger partial charge in [0.1, 0.15) is 5.69 Å². The Labute approximate surface area is 126 Å². The van der Waals surface area contributed by atoms with Crippen molar-refractivity contribution in [2.45, 2.75) is 6.42 Å². The second-order valence-electron chi connectivity index (χ2n) is 4.02. The van der Waals surface area contributed by atoms with Gasteiger partial charge in [-0.2, -0.15) is 0 Å². The van der Waals surface area contributed by atoms with Crippen LogP contribution in [-0.4, -0.2) is 28.5 Å². The van der Waals surface area contributed by atoms with Crippen LogP contribution in [0.5, 0.6) is 0 Å². The van der Waals surface area contributed by atoms with Gasteiger partial charge in [-0.3, -0.25) is 4.79 Å². The van der Waals surface area contributed by atoms with Crippen molar-refractivity contribution in [1.29, 1.82) is 0 Å². The predicted molar refractivity (Wildman–Crippen MR) is 62.4 cm³/mol. The number of amides is 1. The summed E-state index contributed by atoms with van der Waals surface area (Å²) in [6.45, 7) is 0.459.